The summed E-state index contributed by atoms with van der Waals surface area (Å²) < 4.78 is 36.4. The third-order valence-corrected chi connectivity index (χ3v) is 0.588. The zero-order valence-corrected chi connectivity index (χ0v) is 5.11. The van der Waals surface area contributed by atoms with Crippen molar-refractivity contribution in [1.29, 1.82) is 0 Å². The highest BCUT2D eigenvalue weighted by Gasteiger charge is 2.34. The van der Waals surface area contributed by atoms with Gasteiger partial charge in [0.05, 0.1) is 0 Å². The Labute approximate surface area is 54.9 Å². The maximum atomic E-state index is 11.2. The van der Waals surface area contributed by atoms with E-state index < -0.39 is 18.4 Å². The molecule has 60 valence electrons. The SMILES string of the molecule is C[C@H](N)C(=O)OC(F)(F)F. The van der Waals surface area contributed by atoms with Crippen molar-refractivity contribution in [2.24, 2.45) is 5.73 Å². The summed E-state index contributed by atoms with van der Waals surface area (Å²) in [6, 6.07) is -1.25. The van der Waals surface area contributed by atoms with Gasteiger partial charge in [-0.2, -0.15) is 0 Å². The van der Waals surface area contributed by atoms with Crippen molar-refractivity contribution in [3.05, 3.63) is 0 Å². The highest BCUT2D eigenvalue weighted by Crippen LogP contribution is 2.16. The quantitative estimate of drug-likeness (QED) is 0.560. The fraction of sp³-hybridized carbons (Fsp3) is 0.750. The molecular formula is C4H6F3NO2. The van der Waals surface area contributed by atoms with Gasteiger partial charge in [0.25, 0.3) is 0 Å². The third-order valence-electron chi connectivity index (χ3n) is 0.588. The number of hydrogen-bond acceptors (Lipinski definition) is 3. The van der Waals surface area contributed by atoms with Gasteiger partial charge < -0.3 is 10.5 Å². The molecule has 0 aliphatic carbocycles. The summed E-state index contributed by atoms with van der Waals surface area (Å²) in [6.07, 6.45) is -4.93. The Morgan fingerprint density at radius 3 is 2.10 bits per heavy atom. The van der Waals surface area contributed by atoms with Crippen LogP contribution in [0, 0.1) is 0 Å². The van der Waals surface area contributed by atoms with Gasteiger partial charge in [0.1, 0.15) is 6.04 Å². The van der Waals surface area contributed by atoms with E-state index in [-0.39, 0.29) is 0 Å². The Balaban J connectivity index is 3.81. The maximum absolute atomic E-state index is 11.2. The molecule has 0 heterocycles. The Hall–Kier alpha value is -0.780. The second kappa shape index (κ2) is 2.87. The minimum absolute atomic E-state index is 1.11. The average molecular weight is 157 g/mol. The molecule has 0 aromatic heterocycles. The summed E-state index contributed by atoms with van der Waals surface area (Å²) in [5.74, 6) is -1.48. The van der Waals surface area contributed by atoms with Gasteiger partial charge in [-0.25, -0.2) is 0 Å². The zero-order valence-electron chi connectivity index (χ0n) is 5.11. The van der Waals surface area contributed by atoms with Crippen LogP contribution in [-0.4, -0.2) is 18.4 Å². The molecule has 6 heteroatoms. The van der Waals surface area contributed by atoms with E-state index in [1.54, 1.807) is 0 Å². The number of alkyl halides is 3. The predicted molar refractivity (Wildman–Crippen MR) is 25.8 cm³/mol. The molecule has 0 radical (unpaired) electrons. The van der Waals surface area contributed by atoms with Crippen LogP contribution < -0.4 is 5.73 Å². The second-order valence-corrected chi connectivity index (χ2v) is 1.66. The van der Waals surface area contributed by atoms with Crippen molar-refractivity contribution in [2.45, 2.75) is 19.3 Å². The summed E-state index contributed by atoms with van der Waals surface area (Å²) in [5.41, 5.74) is 4.77. The Morgan fingerprint density at radius 1 is 1.60 bits per heavy atom. The minimum Gasteiger partial charge on any atom is -0.372 e. The van der Waals surface area contributed by atoms with Crippen molar-refractivity contribution in [1.82, 2.24) is 0 Å². The summed E-state index contributed by atoms with van der Waals surface area (Å²) >= 11 is 0. The monoisotopic (exact) mass is 157 g/mol. The van der Waals surface area contributed by atoms with Gasteiger partial charge in [0.2, 0.25) is 0 Å². The second-order valence-electron chi connectivity index (χ2n) is 1.66. The summed E-state index contributed by atoms with van der Waals surface area (Å²) in [4.78, 5) is 10.1. The van der Waals surface area contributed by atoms with E-state index in [4.69, 9.17) is 5.73 Å². The fourth-order valence-electron chi connectivity index (χ4n) is 0.207. The average Bonchev–Trinajstić information content (AvgIpc) is 1.60. The molecule has 0 saturated heterocycles. The van der Waals surface area contributed by atoms with E-state index in [2.05, 4.69) is 4.74 Å². The van der Waals surface area contributed by atoms with Gasteiger partial charge in [-0.05, 0) is 6.92 Å². The van der Waals surface area contributed by atoms with E-state index in [9.17, 15) is 18.0 Å². The van der Waals surface area contributed by atoms with E-state index in [1.807, 2.05) is 0 Å². The number of rotatable bonds is 1. The zero-order chi connectivity index (χ0) is 8.36. The first kappa shape index (κ1) is 9.22. The van der Waals surface area contributed by atoms with Gasteiger partial charge in [-0.15, -0.1) is 13.2 Å². The molecule has 0 saturated carbocycles. The molecule has 0 bridgehead atoms. The molecule has 0 aromatic carbocycles. The summed E-state index contributed by atoms with van der Waals surface area (Å²) in [5, 5.41) is 0. The lowest BCUT2D eigenvalue weighted by molar-refractivity contribution is -0.306. The van der Waals surface area contributed by atoms with Gasteiger partial charge in [-0.3, -0.25) is 4.79 Å². The number of nitrogens with two attached hydrogens (primary N) is 1. The van der Waals surface area contributed by atoms with Crippen LogP contribution in [-0.2, 0) is 9.53 Å². The largest absolute Gasteiger partial charge is 0.575 e. The topological polar surface area (TPSA) is 52.3 Å². The van der Waals surface area contributed by atoms with E-state index in [1.165, 1.54) is 0 Å². The minimum atomic E-state index is -4.93. The van der Waals surface area contributed by atoms with E-state index in [0.717, 1.165) is 6.92 Å². The van der Waals surface area contributed by atoms with Gasteiger partial charge >= 0.3 is 12.3 Å². The molecular weight excluding hydrogens is 151 g/mol. The molecule has 0 spiro atoms. The molecule has 0 fully saturated rings. The predicted octanol–water partition coefficient (Wildman–Crippen LogP) is 0.397. The molecule has 2 N–H and O–H groups in total. The number of carbonyl (C=O) groups is 1. The standard InChI is InChI=1S/C4H6F3NO2/c1-2(8)3(9)10-4(5,6)7/h2H,8H2,1H3/t2-/m0/s1. The van der Waals surface area contributed by atoms with Crippen LogP contribution >= 0.6 is 0 Å². The van der Waals surface area contributed by atoms with Crippen molar-refractivity contribution in [2.75, 3.05) is 0 Å². The summed E-state index contributed by atoms with van der Waals surface area (Å²) in [6.45, 7) is 1.11. The highest BCUT2D eigenvalue weighted by atomic mass is 19.4. The van der Waals surface area contributed by atoms with E-state index >= 15 is 0 Å². The molecule has 0 aliphatic rings. The molecule has 0 rings (SSSR count). The Bertz CT molecular complexity index is 131. The van der Waals surface area contributed by atoms with Crippen LogP contribution in [0.4, 0.5) is 13.2 Å². The van der Waals surface area contributed by atoms with Gasteiger partial charge in [-0.1, -0.05) is 0 Å². The number of carbonyl (C=O) groups excluding carboxylic acids is 1. The van der Waals surface area contributed by atoms with Crippen molar-refractivity contribution < 1.29 is 22.7 Å². The first-order valence-corrected chi connectivity index (χ1v) is 2.38. The number of hydrogen-bond donors (Lipinski definition) is 1. The first-order valence-electron chi connectivity index (χ1n) is 2.38. The summed E-state index contributed by atoms with van der Waals surface area (Å²) in [7, 11) is 0. The lowest BCUT2D eigenvalue weighted by atomic mass is 10.4. The Kier molecular flexibility index (Phi) is 2.65. The van der Waals surface area contributed by atoms with E-state index in [0.29, 0.717) is 0 Å². The Morgan fingerprint density at radius 2 is 2.00 bits per heavy atom. The maximum Gasteiger partial charge on any atom is 0.575 e. The smallest absolute Gasteiger partial charge is 0.372 e. The normalized spacial score (nSPS) is 14.5. The number of esters is 1. The lowest BCUT2D eigenvalue weighted by Gasteiger charge is -2.08. The van der Waals surface area contributed by atoms with Gasteiger partial charge in [0.15, 0.2) is 0 Å². The molecule has 0 aliphatic heterocycles. The van der Waals surface area contributed by atoms with Crippen molar-refractivity contribution in [3.63, 3.8) is 0 Å². The van der Waals surface area contributed by atoms with Crippen LogP contribution in [0.1, 0.15) is 6.92 Å². The number of halogens is 3. The highest BCUT2D eigenvalue weighted by molar-refractivity contribution is 5.75. The molecule has 0 amide bonds. The van der Waals surface area contributed by atoms with Crippen LogP contribution in [0.3, 0.4) is 0 Å². The van der Waals surface area contributed by atoms with Crippen LogP contribution in [0.15, 0.2) is 0 Å². The van der Waals surface area contributed by atoms with Gasteiger partial charge in [0, 0.05) is 0 Å². The van der Waals surface area contributed by atoms with Crippen molar-refractivity contribution in [3.8, 4) is 0 Å². The number of ether oxygens (including phenoxy) is 1. The molecule has 3 nitrogen and oxygen atoms in total. The van der Waals surface area contributed by atoms with Crippen LogP contribution in [0.5, 0.6) is 0 Å². The van der Waals surface area contributed by atoms with Crippen LogP contribution in [0.2, 0.25) is 0 Å². The fourth-order valence-corrected chi connectivity index (χ4v) is 0.207. The van der Waals surface area contributed by atoms with Crippen LogP contribution in [0.25, 0.3) is 0 Å². The molecule has 0 aromatic rings. The molecule has 10 heavy (non-hydrogen) atoms. The van der Waals surface area contributed by atoms with Crippen molar-refractivity contribution >= 4 is 5.97 Å². The third kappa shape index (κ3) is 4.13. The lowest BCUT2D eigenvalue weighted by Crippen LogP contribution is -2.33. The first-order chi connectivity index (χ1) is 4.33. The molecule has 1 atom stereocenters. The molecule has 0 unspecified atom stereocenters.